The maximum atomic E-state index is 12.3. The number of hydrogen-bond acceptors (Lipinski definition) is 6. The highest BCUT2D eigenvalue weighted by molar-refractivity contribution is 7.89. The first-order valence-electron chi connectivity index (χ1n) is 8.55. The van der Waals surface area contributed by atoms with Crippen LogP contribution in [-0.4, -0.2) is 40.1 Å². The third-order valence-corrected chi connectivity index (χ3v) is 5.61. The molecule has 2 aromatic carbocycles. The number of carbonyl (C=O) groups excluding carboxylic acids is 2. The molecule has 0 heterocycles. The van der Waals surface area contributed by atoms with Crippen LogP contribution in [0.1, 0.15) is 12.5 Å². The van der Waals surface area contributed by atoms with E-state index in [1.807, 2.05) is 0 Å². The number of amides is 1. The topological polar surface area (TPSA) is 111 Å². The number of esters is 1. The second-order valence-corrected chi connectivity index (χ2v) is 8.18. The number of benzene rings is 2. The first kappa shape index (κ1) is 22.7. The predicted octanol–water partition coefficient (Wildman–Crippen LogP) is 1.87. The summed E-state index contributed by atoms with van der Waals surface area (Å²) in [6, 6.07) is 11.4. The second kappa shape index (κ2) is 10.2. The number of ether oxygens (including phenoxy) is 2. The zero-order valence-electron chi connectivity index (χ0n) is 15.8. The molecule has 2 N–H and O–H groups in total. The van der Waals surface area contributed by atoms with Gasteiger partial charge in [-0.2, -0.15) is 4.72 Å². The molecule has 2 rings (SSSR count). The number of nitrogens with one attached hydrogen (secondary N) is 2. The van der Waals surface area contributed by atoms with Crippen LogP contribution in [0.4, 0.5) is 0 Å². The van der Waals surface area contributed by atoms with Gasteiger partial charge in [0.1, 0.15) is 11.8 Å². The molecule has 0 aliphatic heterocycles. The number of hydrogen-bond donors (Lipinski definition) is 2. The Morgan fingerprint density at radius 3 is 2.28 bits per heavy atom. The van der Waals surface area contributed by atoms with Crippen LogP contribution in [0.3, 0.4) is 0 Å². The molecular formula is C19H21ClN2O6S. The summed E-state index contributed by atoms with van der Waals surface area (Å²) in [4.78, 5) is 23.8. The molecule has 0 aliphatic rings. The van der Waals surface area contributed by atoms with Crippen molar-refractivity contribution in [2.24, 2.45) is 0 Å². The molecule has 2 aromatic rings. The van der Waals surface area contributed by atoms with Gasteiger partial charge in [-0.25, -0.2) is 8.42 Å². The lowest BCUT2D eigenvalue weighted by atomic mass is 10.2. The summed E-state index contributed by atoms with van der Waals surface area (Å²) in [5.41, 5.74) is 0.828. The van der Waals surface area contributed by atoms with Crippen LogP contribution in [0.5, 0.6) is 5.75 Å². The standard InChI is InChI=1S/C19H21ClN2O6S/c1-13(22-29(25,26)17-9-7-16(27-2)8-10-17)19(24)28-12-18(23)21-11-14-3-5-15(20)6-4-14/h3-10,13,22H,11-12H2,1-2H3,(H,21,23). The fourth-order valence-corrected chi connectivity index (χ4v) is 3.54. The second-order valence-electron chi connectivity index (χ2n) is 6.03. The normalized spacial score (nSPS) is 12.1. The smallest absolute Gasteiger partial charge is 0.324 e. The third kappa shape index (κ3) is 7.04. The van der Waals surface area contributed by atoms with Crippen molar-refractivity contribution in [1.29, 1.82) is 0 Å². The molecule has 0 aliphatic carbocycles. The van der Waals surface area contributed by atoms with Crippen molar-refractivity contribution in [1.82, 2.24) is 10.0 Å². The van der Waals surface area contributed by atoms with Crippen LogP contribution in [-0.2, 0) is 30.9 Å². The Morgan fingerprint density at radius 1 is 1.07 bits per heavy atom. The van der Waals surface area contributed by atoms with Crippen molar-refractivity contribution in [3.05, 3.63) is 59.1 Å². The minimum atomic E-state index is -3.94. The Balaban J connectivity index is 1.81. The Kier molecular flexibility index (Phi) is 8.00. The molecule has 0 saturated carbocycles. The van der Waals surface area contributed by atoms with Crippen molar-refractivity contribution in [3.63, 3.8) is 0 Å². The van der Waals surface area contributed by atoms with Gasteiger partial charge in [0, 0.05) is 11.6 Å². The Labute approximate surface area is 174 Å². The lowest BCUT2D eigenvalue weighted by Gasteiger charge is -2.14. The van der Waals surface area contributed by atoms with Crippen molar-refractivity contribution in [3.8, 4) is 5.75 Å². The summed E-state index contributed by atoms with van der Waals surface area (Å²) < 4.78 is 36.7. The average molecular weight is 441 g/mol. The van der Waals surface area contributed by atoms with Crippen LogP contribution in [0, 0.1) is 0 Å². The Hall–Kier alpha value is -2.62. The first-order valence-corrected chi connectivity index (χ1v) is 10.4. The minimum Gasteiger partial charge on any atom is -0.497 e. The highest BCUT2D eigenvalue weighted by Crippen LogP contribution is 2.15. The largest absolute Gasteiger partial charge is 0.497 e. The van der Waals surface area contributed by atoms with Gasteiger partial charge in [0.2, 0.25) is 10.0 Å². The van der Waals surface area contributed by atoms with Crippen LogP contribution in [0.25, 0.3) is 0 Å². The zero-order valence-corrected chi connectivity index (χ0v) is 17.4. The van der Waals surface area contributed by atoms with Gasteiger partial charge in [-0.15, -0.1) is 0 Å². The van der Waals surface area contributed by atoms with E-state index in [9.17, 15) is 18.0 Å². The minimum absolute atomic E-state index is 0.0290. The summed E-state index contributed by atoms with van der Waals surface area (Å²) in [6.07, 6.45) is 0. The number of rotatable bonds is 9. The van der Waals surface area contributed by atoms with E-state index < -0.39 is 34.5 Å². The maximum Gasteiger partial charge on any atom is 0.324 e. The summed E-state index contributed by atoms with van der Waals surface area (Å²) in [5, 5.41) is 3.17. The van der Waals surface area contributed by atoms with Crippen molar-refractivity contribution in [2.45, 2.75) is 24.4 Å². The number of sulfonamides is 1. The fourth-order valence-electron chi connectivity index (χ4n) is 2.22. The van der Waals surface area contributed by atoms with Crippen LogP contribution in [0.15, 0.2) is 53.4 Å². The summed E-state index contributed by atoms with van der Waals surface area (Å²) in [6.45, 7) is 1.04. The van der Waals surface area contributed by atoms with Gasteiger partial charge < -0.3 is 14.8 Å². The average Bonchev–Trinajstić information content (AvgIpc) is 2.71. The molecule has 29 heavy (non-hydrogen) atoms. The molecule has 10 heteroatoms. The van der Waals surface area contributed by atoms with E-state index >= 15 is 0 Å². The van der Waals surface area contributed by atoms with Crippen molar-refractivity contribution < 1.29 is 27.5 Å². The molecule has 1 atom stereocenters. The molecule has 1 amide bonds. The lowest BCUT2D eigenvalue weighted by Crippen LogP contribution is -2.40. The lowest BCUT2D eigenvalue weighted by molar-refractivity contribution is -0.149. The van der Waals surface area contributed by atoms with Crippen LogP contribution < -0.4 is 14.8 Å². The van der Waals surface area contributed by atoms with Crippen molar-refractivity contribution >= 4 is 33.5 Å². The molecule has 1 unspecified atom stereocenters. The quantitative estimate of drug-likeness (QED) is 0.576. The molecule has 0 aromatic heterocycles. The first-order chi connectivity index (χ1) is 13.7. The number of methoxy groups -OCH3 is 1. The molecule has 0 saturated heterocycles. The molecular weight excluding hydrogens is 420 g/mol. The molecule has 156 valence electrons. The van der Waals surface area contributed by atoms with Gasteiger partial charge in [0.25, 0.3) is 5.91 Å². The van der Waals surface area contributed by atoms with Gasteiger partial charge >= 0.3 is 5.97 Å². The number of carbonyl (C=O) groups is 2. The summed E-state index contributed by atoms with van der Waals surface area (Å²) in [7, 11) is -2.47. The Bertz CT molecular complexity index is 946. The maximum absolute atomic E-state index is 12.3. The molecule has 0 spiro atoms. The van der Waals surface area contributed by atoms with Gasteiger partial charge in [-0.05, 0) is 48.9 Å². The predicted molar refractivity (Wildman–Crippen MR) is 107 cm³/mol. The van der Waals surface area contributed by atoms with Gasteiger partial charge in [-0.1, -0.05) is 23.7 Å². The number of halogens is 1. The fraction of sp³-hybridized carbons (Fsp3) is 0.263. The molecule has 0 bridgehead atoms. The van der Waals surface area contributed by atoms with E-state index in [0.29, 0.717) is 10.8 Å². The van der Waals surface area contributed by atoms with E-state index in [1.54, 1.807) is 24.3 Å². The van der Waals surface area contributed by atoms with Crippen LogP contribution in [0.2, 0.25) is 5.02 Å². The highest BCUT2D eigenvalue weighted by atomic mass is 35.5. The van der Waals surface area contributed by atoms with Gasteiger partial charge in [0.15, 0.2) is 6.61 Å². The zero-order chi connectivity index (χ0) is 21.4. The SMILES string of the molecule is COc1ccc(S(=O)(=O)NC(C)C(=O)OCC(=O)NCc2ccc(Cl)cc2)cc1. The van der Waals surface area contributed by atoms with E-state index in [-0.39, 0.29) is 11.4 Å². The molecule has 8 nitrogen and oxygen atoms in total. The Morgan fingerprint density at radius 2 is 1.69 bits per heavy atom. The van der Waals surface area contributed by atoms with Crippen molar-refractivity contribution in [2.75, 3.05) is 13.7 Å². The third-order valence-electron chi connectivity index (χ3n) is 3.80. The molecule has 0 radical (unpaired) electrons. The van der Waals surface area contributed by atoms with E-state index in [2.05, 4.69) is 10.0 Å². The van der Waals surface area contributed by atoms with E-state index in [4.69, 9.17) is 21.1 Å². The molecule has 0 fully saturated rings. The van der Waals surface area contributed by atoms with Gasteiger partial charge in [0.05, 0.1) is 12.0 Å². The summed E-state index contributed by atoms with van der Waals surface area (Å²) in [5.74, 6) is -0.886. The van der Waals surface area contributed by atoms with Crippen LogP contribution >= 0.6 is 11.6 Å². The van der Waals surface area contributed by atoms with E-state index in [1.165, 1.54) is 38.3 Å². The van der Waals surface area contributed by atoms with E-state index in [0.717, 1.165) is 5.56 Å². The summed E-state index contributed by atoms with van der Waals surface area (Å²) >= 11 is 5.79. The highest BCUT2D eigenvalue weighted by Gasteiger charge is 2.23. The monoisotopic (exact) mass is 440 g/mol. The van der Waals surface area contributed by atoms with Gasteiger partial charge in [-0.3, -0.25) is 9.59 Å².